The standard InChI is InChI=1S/C16H25N3O3S/c1-3-11(2)13-14(21)17-16(18-15(13)22)23-10-12(20)19-8-6-4-5-7-9-19/h11H,3-10H2,1-2H3,(H2,17,18,21,22)/t11-/m1/s1. The largest absolute Gasteiger partial charge is 0.493 e. The predicted octanol–water partition coefficient (Wildman–Crippen LogP) is 2.48. The Kier molecular flexibility index (Phi) is 6.50. The Morgan fingerprint density at radius 3 is 2.57 bits per heavy atom. The molecule has 2 rings (SSSR count). The smallest absolute Gasteiger partial charge is 0.258 e. The van der Waals surface area contributed by atoms with E-state index in [1.807, 2.05) is 18.7 Å². The molecule has 1 fully saturated rings. The van der Waals surface area contributed by atoms with Gasteiger partial charge in [-0.2, -0.15) is 4.98 Å². The van der Waals surface area contributed by atoms with Crippen LogP contribution in [0.4, 0.5) is 0 Å². The van der Waals surface area contributed by atoms with Gasteiger partial charge in [-0.15, -0.1) is 0 Å². The first-order chi connectivity index (χ1) is 11.0. The molecule has 0 unspecified atom stereocenters. The van der Waals surface area contributed by atoms with E-state index in [2.05, 4.69) is 9.97 Å². The third kappa shape index (κ3) is 4.73. The molecule has 1 amide bonds. The summed E-state index contributed by atoms with van der Waals surface area (Å²) >= 11 is 1.17. The van der Waals surface area contributed by atoms with Gasteiger partial charge in [-0.25, -0.2) is 0 Å². The molecule has 0 aliphatic carbocycles. The van der Waals surface area contributed by atoms with Crippen molar-refractivity contribution in [1.29, 1.82) is 0 Å². The normalized spacial score (nSPS) is 16.9. The van der Waals surface area contributed by atoms with E-state index in [4.69, 9.17) is 0 Å². The third-order valence-electron chi connectivity index (χ3n) is 4.31. The molecule has 2 N–H and O–H groups in total. The zero-order valence-corrected chi connectivity index (χ0v) is 14.6. The van der Waals surface area contributed by atoms with Crippen molar-refractivity contribution in [3.05, 3.63) is 15.9 Å². The maximum Gasteiger partial charge on any atom is 0.258 e. The zero-order chi connectivity index (χ0) is 16.8. The first-order valence-electron chi connectivity index (χ1n) is 8.26. The van der Waals surface area contributed by atoms with Crippen LogP contribution in [-0.4, -0.2) is 44.7 Å². The molecule has 1 aliphatic rings. The number of carbonyl (C=O) groups is 1. The number of nitrogens with zero attached hydrogens (tertiary/aromatic N) is 2. The van der Waals surface area contributed by atoms with Crippen molar-refractivity contribution in [2.24, 2.45) is 0 Å². The number of H-pyrrole nitrogens is 1. The molecular formula is C16H25N3O3S. The van der Waals surface area contributed by atoms with Crippen LogP contribution in [0.1, 0.15) is 57.4 Å². The molecule has 6 nitrogen and oxygen atoms in total. The van der Waals surface area contributed by atoms with Crippen LogP contribution < -0.4 is 5.56 Å². The van der Waals surface area contributed by atoms with Crippen molar-refractivity contribution in [2.75, 3.05) is 18.8 Å². The number of rotatable bonds is 5. The van der Waals surface area contributed by atoms with Crippen molar-refractivity contribution >= 4 is 17.7 Å². The van der Waals surface area contributed by atoms with Crippen LogP contribution in [0, 0.1) is 0 Å². The van der Waals surface area contributed by atoms with E-state index in [0.717, 1.165) is 32.4 Å². The summed E-state index contributed by atoms with van der Waals surface area (Å²) in [6.45, 7) is 5.44. The molecule has 2 heterocycles. The first kappa shape index (κ1) is 17.8. The number of hydrogen-bond acceptors (Lipinski definition) is 5. The van der Waals surface area contributed by atoms with Crippen LogP contribution in [0.25, 0.3) is 0 Å². The molecule has 0 radical (unpaired) electrons. The van der Waals surface area contributed by atoms with E-state index in [-0.39, 0.29) is 29.0 Å². The lowest BCUT2D eigenvalue weighted by Gasteiger charge is -2.19. The molecule has 1 aromatic heterocycles. The lowest BCUT2D eigenvalue weighted by atomic mass is 10.0. The van der Waals surface area contributed by atoms with Gasteiger partial charge in [0.05, 0.1) is 11.3 Å². The number of likely N-dealkylation sites (tertiary alicyclic amines) is 1. The van der Waals surface area contributed by atoms with Crippen LogP contribution in [0.2, 0.25) is 0 Å². The molecule has 23 heavy (non-hydrogen) atoms. The van der Waals surface area contributed by atoms with E-state index in [0.29, 0.717) is 10.7 Å². The van der Waals surface area contributed by atoms with Gasteiger partial charge in [-0.3, -0.25) is 9.59 Å². The SMILES string of the molecule is CC[C@@H](C)c1c(O)nc(SCC(=O)N2CCCCCC2)[nH]c1=O. The molecule has 128 valence electrons. The molecule has 1 saturated heterocycles. The van der Waals surface area contributed by atoms with Gasteiger partial charge in [0.1, 0.15) is 0 Å². The Bertz CT molecular complexity index is 595. The molecule has 1 aliphatic heterocycles. The number of aromatic hydroxyl groups is 1. The maximum absolute atomic E-state index is 12.2. The van der Waals surface area contributed by atoms with Gasteiger partial charge in [0.2, 0.25) is 11.8 Å². The highest BCUT2D eigenvalue weighted by Gasteiger charge is 2.19. The van der Waals surface area contributed by atoms with Crippen LogP contribution >= 0.6 is 11.8 Å². The fourth-order valence-corrected chi connectivity index (χ4v) is 3.47. The Hall–Kier alpha value is -1.50. The summed E-state index contributed by atoms with van der Waals surface area (Å²) < 4.78 is 0. The topological polar surface area (TPSA) is 86.3 Å². The van der Waals surface area contributed by atoms with Crippen molar-refractivity contribution in [3.63, 3.8) is 0 Å². The van der Waals surface area contributed by atoms with Crippen molar-refractivity contribution in [3.8, 4) is 5.88 Å². The molecule has 7 heteroatoms. The number of thioether (sulfide) groups is 1. The number of amides is 1. The van der Waals surface area contributed by atoms with Gasteiger partial charge in [-0.05, 0) is 25.2 Å². The highest BCUT2D eigenvalue weighted by atomic mass is 32.2. The minimum Gasteiger partial charge on any atom is -0.493 e. The molecule has 0 saturated carbocycles. The molecule has 0 bridgehead atoms. The van der Waals surface area contributed by atoms with Gasteiger partial charge < -0.3 is 15.0 Å². The quantitative estimate of drug-likeness (QED) is 0.636. The summed E-state index contributed by atoms with van der Waals surface area (Å²) in [5.41, 5.74) is -0.00716. The van der Waals surface area contributed by atoms with Crippen LogP contribution in [0.15, 0.2) is 9.95 Å². The number of aromatic amines is 1. The monoisotopic (exact) mass is 339 g/mol. The summed E-state index contributed by atoms with van der Waals surface area (Å²) in [4.78, 5) is 32.9. The second-order valence-electron chi connectivity index (χ2n) is 6.00. The Morgan fingerprint density at radius 2 is 2.00 bits per heavy atom. The summed E-state index contributed by atoms with van der Waals surface area (Å²) in [7, 11) is 0. The number of carbonyl (C=O) groups excluding carboxylic acids is 1. The van der Waals surface area contributed by atoms with Crippen molar-refractivity contribution in [1.82, 2.24) is 14.9 Å². The molecule has 0 spiro atoms. The van der Waals surface area contributed by atoms with Gasteiger partial charge in [0, 0.05) is 13.1 Å². The third-order valence-corrected chi connectivity index (χ3v) is 5.17. The van der Waals surface area contributed by atoms with Crippen LogP contribution in [0.5, 0.6) is 5.88 Å². The number of nitrogens with one attached hydrogen (secondary N) is 1. The Labute approximate surface area is 140 Å². The fraction of sp³-hybridized carbons (Fsp3) is 0.688. The molecular weight excluding hydrogens is 314 g/mol. The van der Waals surface area contributed by atoms with Crippen LogP contribution in [0.3, 0.4) is 0 Å². The van der Waals surface area contributed by atoms with E-state index in [1.54, 1.807) is 0 Å². The van der Waals surface area contributed by atoms with E-state index >= 15 is 0 Å². The summed E-state index contributed by atoms with van der Waals surface area (Å²) in [6.07, 6.45) is 5.21. The zero-order valence-electron chi connectivity index (χ0n) is 13.8. The maximum atomic E-state index is 12.2. The molecule has 1 atom stereocenters. The van der Waals surface area contributed by atoms with E-state index in [1.165, 1.54) is 24.6 Å². The number of hydrogen-bond donors (Lipinski definition) is 2. The lowest BCUT2D eigenvalue weighted by molar-refractivity contribution is -0.128. The van der Waals surface area contributed by atoms with Gasteiger partial charge in [0.25, 0.3) is 5.56 Å². The average Bonchev–Trinajstić information content (AvgIpc) is 2.81. The Morgan fingerprint density at radius 1 is 1.35 bits per heavy atom. The highest BCUT2D eigenvalue weighted by Crippen LogP contribution is 2.24. The first-order valence-corrected chi connectivity index (χ1v) is 9.25. The van der Waals surface area contributed by atoms with Crippen LogP contribution in [-0.2, 0) is 4.79 Å². The van der Waals surface area contributed by atoms with Crippen molar-refractivity contribution < 1.29 is 9.90 Å². The summed E-state index contributed by atoms with van der Waals surface area (Å²) in [6, 6.07) is 0. The molecule has 0 aromatic carbocycles. The second kappa shape index (κ2) is 8.38. The van der Waals surface area contributed by atoms with Gasteiger partial charge in [-0.1, -0.05) is 38.5 Å². The summed E-state index contributed by atoms with van der Waals surface area (Å²) in [5.74, 6) is 0.00677. The van der Waals surface area contributed by atoms with E-state index in [9.17, 15) is 14.7 Å². The van der Waals surface area contributed by atoms with Gasteiger partial charge in [0.15, 0.2) is 5.16 Å². The minimum atomic E-state index is -0.323. The highest BCUT2D eigenvalue weighted by molar-refractivity contribution is 7.99. The lowest BCUT2D eigenvalue weighted by Crippen LogP contribution is -2.33. The van der Waals surface area contributed by atoms with E-state index < -0.39 is 0 Å². The molecule has 1 aromatic rings. The Balaban J connectivity index is 2.00. The van der Waals surface area contributed by atoms with Gasteiger partial charge >= 0.3 is 0 Å². The number of aromatic nitrogens is 2. The predicted molar refractivity (Wildman–Crippen MR) is 91.0 cm³/mol. The van der Waals surface area contributed by atoms with Crippen molar-refractivity contribution in [2.45, 2.75) is 57.0 Å². The second-order valence-corrected chi connectivity index (χ2v) is 6.97. The average molecular weight is 339 g/mol. The summed E-state index contributed by atoms with van der Waals surface area (Å²) in [5, 5.41) is 10.3. The minimum absolute atomic E-state index is 0.0518. The fourth-order valence-electron chi connectivity index (χ4n) is 2.71.